The van der Waals surface area contributed by atoms with E-state index >= 15 is 0 Å². The minimum atomic E-state index is -4.17. The Balaban J connectivity index is 0.00000320. The van der Waals surface area contributed by atoms with Gasteiger partial charge in [-0.25, -0.2) is 0 Å². The molecule has 2 aliphatic heterocycles. The van der Waals surface area contributed by atoms with Crippen molar-refractivity contribution in [2.24, 2.45) is 10.9 Å². The van der Waals surface area contributed by atoms with Crippen LogP contribution in [0.15, 0.2) is 22.5 Å². The zero-order chi connectivity index (χ0) is 21.0. The minimum absolute atomic E-state index is 0. The van der Waals surface area contributed by atoms with Crippen molar-refractivity contribution < 1.29 is 13.2 Å². The summed E-state index contributed by atoms with van der Waals surface area (Å²) in [5.74, 6) is 1.28. The van der Waals surface area contributed by atoms with Crippen LogP contribution in [0.4, 0.5) is 13.2 Å². The molecule has 3 heterocycles. The molecule has 2 fully saturated rings. The first-order chi connectivity index (χ1) is 13.8. The number of alkyl halides is 3. The lowest BCUT2D eigenvalue weighted by Crippen LogP contribution is -2.57. The molecular formula is C20H33F3IN5S. The number of likely N-dealkylation sites (tertiary alicyclic amines) is 1. The maximum atomic E-state index is 13.0. The third kappa shape index (κ3) is 6.23. The number of guanidine groups is 1. The van der Waals surface area contributed by atoms with E-state index in [2.05, 4.69) is 44.7 Å². The predicted octanol–water partition coefficient (Wildman–Crippen LogP) is 3.89. The number of hydrogen-bond donors (Lipinski definition) is 1. The van der Waals surface area contributed by atoms with Gasteiger partial charge in [-0.2, -0.15) is 13.2 Å². The highest BCUT2D eigenvalue weighted by atomic mass is 127. The standard InChI is InChI=1S/C20H32F3N5S.HI/c1-15(20(21,22)23)27-9-11-28(12-10-27)19(24-2)25-14-16-6-4-8-26(3)18(16)17-7-5-13-29-17;/h5,7,13,15-16,18H,4,6,8-12,14H2,1-3H3,(H,24,25);1H. The lowest BCUT2D eigenvalue weighted by molar-refractivity contribution is -0.181. The van der Waals surface area contributed by atoms with E-state index in [1.807, 2.05) is 0 Å². The van der Waals surface area contributed by atoms with E-state index in [0.29, 0.717) is 38.1 Å². The minimum Gasteiger partial charge on any atom is -0.356 e. The zero-order valence-electron chi connectivity index (χ0n) is 17.9. The van der Waals surface area contributed by atoms with Gasteiger partial charge in [-0.05, 0) is 50.7 Å². The van der Waals surface area contributed by atoms with Gasteiger partial charge in [0.05, 0.1) is 0 Å². The van der Waals surface area contributed by atoms with Crippen LogP contribution in [0.1, 0.15) is 30.7 Å². The van der Waals surface area contributed by atoms with Crippen molar-refractivity contribution in [3.63, 3.8) is 0 Å². The van der Waals surface area contributed by atoms with E-state index < -0.39 is 12.2 Å². The molecule has 5 nitrogen and oxygen atoms in total. The Morgan fingerprint density at radius 2 is 1.97 bits per heavy atom. The maximum Gasteiger partial charge on any atom is 0.403 e. The SMILES string of the molecule is CN=C(NCC1CCCN(C)C1c1cccs1)N1CCN(C(C)C(F)(F)F)CC1.I. The molecule has 0 amide bonds. The number of halogens is 4. The van der Waals surface area contributed by atoms with Crippen molar-refractivity contribution in [2.75, 3.05) is 53.4 Å². The van der Waals surface area contributed by atoms with E-state index in [-0.39, 0.29) is 24.0 Å². The molecule has 0 radical (unpaired) electrons. The molecule has 3 unspecified atom stereocenters. The summed E-state index contributed by atoms with van der Waals surface area (Å²) >= 11 is 1.80. The number of piperazine rings is 1. The van der Waals surface area contributed by atoms with Crippen LogP contribution in [0.2, 0.25) is 0 Å². The quantitative estimate of drug-likeness (QED) is 0.345. The molecule has 2 saturated heterocycles. The number of nitrogens with one attached hydrogen (secondary N) is 1. The molecule has 0 spiro atoms. The summed E-state index contributed by atoms with van der Waals surface area (Å²) in [5, 5.41) is 5.64. The summed E-state index contributed by atoms with van der Waals surface area (Å²) in [4.78, 5) is 11.8. The second-order valence-corrected chi connectivity index (χ2v) is 8.99. The molecule has 1 N–H and O–H groups in total. The summed E-state index contributed by atoms with van der Waals surface area (Å²) in [5.41, 5.74) is 0. The van der Waals surface area contributed by atoms with Crippen molar-refractivity contribution in [3.05, 3.63) is 22.4 Å². The molecule has 3 rings (SSSR count). The molecule has 30 heavy (non-hydrogen) atoms. The predicted molar refractivity (Wildman–Crippen MR) is 128 cm³/mol. The van der Waals surface area contributed by atoms with Crippen molar-refractivity contribution in [1.29, 1.82) is 0 Å². The fourth-order valence-electron chi connectivity index (χ4n) is 4.47. The fourth-order valence-corrected chi connectivity index (χ4v) is 5.45. The van der Waals surface area contributed by atoms with E-state index in [1.54, 1.807) is 18.4 Å². The highest BCUT2D eigenvalue weighted by Gasteiger charge is 2.41. The monoisotopic (exact) mass is 559 g/mol. The van der Waals surface area contributed by atoms with Crippen molar-refractivity contribution in [3.8, 4) is 0 Å². The van der Waals surface area contributed by atoms with Crippen LogP contribution in [-0.4, -0.2) is 86.2 Å². The van der Waals surface area contributed by atoms with Crippen LogP contribution < -0.4 is 5.32 Å². The summed E-state index contributed by atoms with van der Waals surface area (Å²) in [6, 6.07) is 3.32. The number of thiophene rings is 1. The second kappa shape index (κ2) is 11.3. The molecule has 2 aliphatic rings. The largest absolute Gasteiger partial charge is 0.403 e. The molecule has 0 aliphatic carbocycles. The van der Waals surface area contributed by atoms with Crippen LogP contribution in [0.5, 0.6) is 0 Å². The molecule has 3 atom stereocenters. The Morgan fingerprint density at radius 3 is 2.53 bits per heavy atom. The molecule has 10 heteroatoms. The van der Waals surface area contributed by atoms with Crippen molar-refractivity contribution in [1.82, 2.24) is 20.0 Å². The topological polar surface area (TPSA) is 34.1 Å². The van der Waals surface area contributed by atoms with Gasteiger partial charge in [0.15, 0.2) is 5.96 Å². The molecule has 0 saturated carbocycles. The molecule has 0 aromatic carbocycles. The van der Waals surface area contributed by atoms with Crippen LogP contribution in [0.25, 0.3) is 0 Å². The first-order valence-corrected chi connectivity index (χ1v) is 11.2. The number of rotatable bonds is 4. The lowest BCUT2D eigenvalue weighted by atomic mass is 9.88. The van der Waals surface area contributed by atoms with Crippen molar-refractivity contribution >= 4 is 41.3 Å². The summed E-state index contributed by atoms with van der Waals surface area (Å²) < 4.78 is 38.9. The first-order valence-electron chi connectivity index (χ1n) is 10.3. The Morgan fingerprint density at radius 1 is 1.27 bits per heavy atom. The first kappa shape index (κ1) is 25.7. The fraction of sp³-hybridized carbons (Fsp3) is 0.750. The third-order valence-corrected chi connectivity index (χ3v) is 7.15. The van der Waals surface area contributed by atoms with E-state index in [9.17, 15) is 13.2 Å². The van der Waals surface area contributed by atoms with Gasteiger partial charge in [0.1, 0.15) is 6.04 Å². The lowest BCUT2D eigenvalue weighted by Gasteiger charge is -2.41. The van der Waals surface area contributed by atoms with Gasteiger partial charge in [0, 0.05) is 50.7 Å². The summed E-state index contributed by atoms with van der Waals surface area (Å²) in [6.07, 6.45) is -1.84. The average Bonchev–Trinajstić information content (AvgIpc) is 3.22. The van der Waals surface area contributed by atoms with Gasteiger partial charge < -0.3 is 10.2 Å². The average molecular weight is 559 g/mol. The van der Waals surface area contributed by atoms with Gasteiger partial charge in [0.2, 0.25) is 0 Å². The molecule has 1 aromatic heterocycles. The number of piperidine rings is 1. The van der Waals surface area contributed by atoms with Gasteiger partial charge in [-0.3, -0.25) is 14.8 Å². The summed E-state index contributed by atoms with van der Waals surface area (Å²) in [6.45, 7) is 5.06. The second-order valence-electron chi connectivity index (χ2n) is 8.01. The summed E-state index contributed by atoms with van der Waals surface area (Å²) in [7, 11) is 3.93. The molecule has 172 valence electrons. The van der Waals surface area contributed by atoms with E-state index in [0.717, 1.165) is 25.5 Å². The zero-order valence-corrected chi connectivity index (χ0v) is 21.0. The molecule has 1 aromatic rings. The highest BCUT2D eigenvalue weighted by Crippen LogP contribution is 2.36. The Kier molecular flexibility index (Phi) is 9.69. The van der Waals surface area contributed by atoms with E-state index in [1.165, 1.54) is 23.1 Å². The Bertz CT molecular complexity index is 662. The van der Waals surface area contributed by atoms with Gasteiger partial charge >= 0.3 is 6.18 Å². The Hall–Kier alpha value is -0.590. The van der Waals surface area contributed by atoms with E-state index in [4.69, 9.17) is 0 Å². The molecular weight excluding hydrogens is 526 g/mol. The number of nitrogens with zero attached hydrogens (tertiary/aromatic N) is 4. The van der Waals surface area contributed by atoms with Crippen LogP contribution >= 0.6 is 35.3 Å². The van der Waals surface area contributed by atoms with Gasteiger partial charge in [-0.1, -0.05) is 6.07 Å². The van der Waals surface area contributed by atoms with Crippen LogP contribution in [-0.2, 0) is 0 Å². The normalized spacial score (nSPS) is 25.7. The van der Waals surface area contributed by atoms with Gasteiger partial charge in [-0.15, -0.1) is 35.3 Å². The highest BCUT2D eigenvalue weighted by molar-refractivity contribution is 14.0. The number of hydrogen-bond acceptors (Lipinski definition) is 4. The van der Waals surface area contributed by atoms with Crippen LogP contribution in [0, 0.1) is 5.92 Å². The maximum absolute atomic E-state index is 13.0. The third-order valence-electron chi connectivity index (χ3n) is 6.21. The van der Waals surface area contributed by atoms with Crippen molar-refractivity contribution in [2.45, 2.75) is 38.0 Å². The van der Waals surface area contributed by atoms with Gasteiger partial charge in [0.25, 0.3) is 0 Å². The number of aliphatic imine (C=N–C) groups is 1. The smallest absolute Gasteiger partial charge is 0.356 e. The van der Waals surface area contributed by atoms with Crippen LogP contribution in [0.3, 0.4) is 0 Å². The Labute approximate surface area is 198 Å². The molecule has 0 bridgehead atoms.